The van der Waals surface area contributed by atoms with Gasteiger partial charge in [0.15, 0.2) is 5.82 Å². The van der Waals surface area contributed by atoms with Crippen LogP contribution in [-0.4, -0.2) is 36.5 Å². The first-order valence-corrected chi connectivity index (χ1v) is 7.84. The molecule has 0 aliphatic carbocycles. The number of rotatable bonds is 7. The van der Waals surface area contributed by atoms with Crippen molar-refractivity contribution < 1.29 is 19.1 Å². The normalized spacial score (nSPS) is 10.7. The molecular weight excluding hydrogens is 341 g/mol. The van der Waals surface area contributed by atoms with Gasteiger partial charge in [-0.3, -0.25) is 14.2 Å². The summed E-state index contributed by atoms with van der Waals surface area (Å²) < 4.78 is 16.6. The summed E-state index contributed by atoms with van der Waals surface area (Å²) in [6.07, 6.45) is 4.35. The number of carboxylic acids is 1. The number of hydrogen-bond donors (Lipinski definition) is 2. The summed E-state index contributed by atoms with van der Waals surface area (Å²) in [4.78, 5) is 22.8. The molecule has 9 heteroatoms. The Morgan fingerprint density at radius 2 is 2.00 bits per heavy atom. The van der Waals surface area contributed by atoms with Crippen molar-refractivity contribution in [1.29, 1.82) is 0 Å². The Morgan fingerprint density at radius 3 is 2.73 bits per heavy atom. The van der Waals surface area contributed by atoms with E-state index in [1.165, 1.54) is 27.8 Å². The molecule has 26 heavy (non-hydrogen) atoms. The number of nitrogens with one attached hydrogen (secondary N) is 1. The first-order valence-electron chi connectivity index (χ1n) is 7.84. The zero-order chi connectivity index (χ0) is 18.5. The highest BCUT2D eigenvalue weighted by Gasteiger charge is 2.09. The van der Waals surface area contributed by atoms with Gasteiger partial charge in [0.2, 0.25) is 5.91 Å². The fourth-order valence-corrected chi connectivity index (χ4v) is 2.34. The molecule has 0 fully saturated rings. The smallest absolute Gasteiger partial charge is 0.338 e. The zero-order valence-electron chi connectivity index (χ0n) is 13.7. The van der Waals surface area contributed by atoms with E-state index in [4.69, 9.17) is 5.11 Å². The maximum absolute atomic E-state index is 13.6. The van der Waals surface area contributed by atoms with Crippen LogP contribution in [0, 0.1) is 5.82 Å². The lowest BCUT2D eigenvalue weighted by molar-refractivity contribution is -0.116. The molecule has 134 valence electrons. The van der Waals surface area contributed by atoms with Crippen LogP contribution in [0.4, 0.5) is 10.2 Å². The molecule has 0 aliphatic rings. The Hall–Kier alpha value is -3.49. The van der Waals surface area contributed by atoms with Gasteiger partial charge in [-0.25, -0.2) is 9.18 Å². The number of aromatic carboxylic acids is 1. The maximum Gasteiger partial charge on any atom is 0.338 e. The van der Waals surface area contributed by atoms with E-state index in [-0.39, 0.29) is 36.8 Å². The third-order valence-electron chi connectivity index (χ3n) is 3.65. The Bertz CT molecular complexity index is 934. The molecular formula is C17H16FN5O3. The number of amides is 1. The number of aromatic nitrogens is 4. The van der Waals surface area contributed by atoms with Gasteiger partial charge in [0.05, 0.1) is 18.3 Å². The van der Waals surface area contributed by atoms with Crippen molar-refractivity contribution in [1.82, 2.24) is 19.6 Å². The number of hydrogen-bond acceptors (Lipinski definition) is 4. The van der Waals surface area contributed by atoms with Crippen molar-refractivity contribution in [3.63, 3.8) is 0 Å². The monoisotopic (exact) mass is 357 g/mol. The molecule has 0 radical (unpaired) electrons. The summed E-state index contributed by atoms with van der Waals surface area (Å²) in [7, 11) is 0. The van der Waals surface area contributed by atoms with Gasteiger partial charge in [-0.1, -0.05) is 18.2 Å². The van der Waals surface area contributed by atoms with Crippen molar-refractivity contribution >= 4 is 17.7 Å². The van der Waals surface area contributed by atoms with Gasteiger partial charge in [-0.05, 0) is 6.07 Å². The molecule has 1 aromatic carbocycles. The van der Waals surface area contributed by atoms with Crippen LogP contribution in [0.15, 0.2) is 48.9 Å². The van der Waals surface area contributed by atoms with Crippen molar-refractivity contribution in [2.45, 2.75) is 19.5 Å². The van der Waals surface area contributed by atoms with Crippen molar-refractivity contribution in [2.75, 3.05) is 5.32 Å². The van der Waals surface area contributed by atoms with Crippen molar-refractivity contribution in [2.24, 2.45) is 0 Å². The van der Waals surface area contributed by atoms with Gasteiger partial charge in [-0.2, -0.15) is 10.2 Å². The van der Waals surface area contributed by atoms with Crippen LogP contribution < -0.4 is 5.32 Å². The molecule has 0 unspecified atom stereocenters. The topological polar surface area (TPSA) is 102 Å². The van der Waals surface area contributed by atoms with E-state index in [0.717, 1.165) is 0 Å². The molecule has 0 saturated carbocycles. The third kappa shape index (κ3) is 4.32. The second-order valence-corrected chi connectivity index (χ2v) is 5.59. The van der Waals surface area contributed by atoms with E-state index in [1.54, 1.807) is 30.5 Å². The van der Waals surface area contributed by atoms with Gasteiger partial charge in [0.1, 0.15) is 5.82 Å². The highest BCUT2D eigenvalue weighted by atomic mass is 19.1. The van der Waals surface area contributed by atoms with E-state index in [9.17, 15) is 14.0 Å². The third-order valence-corrected chi connectivity index (χ3v) is 3.65. The largest absolute Gasteiger partial charge is 0.478 e. The van der Waals surface area contributed by atoms with Crippen LogP contribution in [0.1, 0.15) is 22.3 Å². The standard InChI is InChI=1S/C17H16FN5O3/c18-14-4-2-1-3-12(14)10-23-7-5-15(21-23)20-16(24)6-8-22-11-13(9-19-22)17(25)26/h1-5,7,9,11H,6,8,10H2,(H,25,26)(H,20,21,24). The minimum atomic E-state index is -1.07. The Labute approximate surface area is 147 Å². The summed E-state index contributed by atoms with van der Waals surface area (Å²) in [5, 5.41) is 19.5. The second kappa shape index (κ2) is 7.60. The van der Waals surface area contributed by atoms with E-state index >= 15 is 0 Å². The fraction of sp³-hybridized carbons (Fsp3) is 0.176. The zero-order valence-corrected chi connectivity index (χ0v) is 13.7. The minimum Gasteiger partial charge on any atom is -0.478 e. The summed E-state index contributed by atoms with van der Waals surface area (Å²) in [6, 6.07) is 8.04. The number of carbonyl (C=O) groups is 2. The van der Waals surface area contributed by atoms with Gasteiger partial charge >= 0.3 is 5.97 Å². The van der Waals surface area contributed by atoms with E-state index in [2.05, 4.69) is 15.5 Å². The first-order chi connectivity index (χ1) is 12.5. The molecule has 0 bridgehead atoms. The average Bonchev–Trinajstić information content (AvgIpc) is 3.25. The number of nitrogens with zero attached hydrogens (tertiary/aromatic N) is 4. The molecule has 3 aromatic rings. The molecule has 1 amide bonds. The summed E-state index contributed by atoms with van der Waals surface area (Å²) >= 11 is 0. The van der Waals surface area contributed by atoms with E-state index < -0.39 is 5.97 Å². The number of aryl methyl sites for hydroxylation is 1. The van der Waals surface area contributed by atoms with Gasteiger partial charge in [0, 0.05) is 37.0 Å². The molecule has 3 rings (SSSR count). The molecule has 2 N–H and O–H groups in total. The van der Waals surface area contributed by atoms with E-state index in [0.29, 0.717) is 11.4 Å². The predicted octanol–water partition coefficient (Wildman–Crippen LogP) is 1.99. The molecule has 2 aromatic heterocycles. The lowest BCUT2D eigenvalue weighted by Crippen LogP contribution is -2.15. The molecule has 0 atom stereocenters. The van der Waals surface area contributed by atoms with Gasteiger partial charge < -0.3 is 10.4 Å². The number of anilines is 1. The van der Waals surface area contributed by atoms with Crippen LogP contribution in [0.5, 0.6) is 0 Å². The highest BCUT2D eigenvalue weighted by molar-refractivity contribution is 5.89. The fourth-order valence-electron chi connectivity index (χ4n) is 2.34. The quantitative estimate of drug-likeness (QED) is 0.673. The number of carboxylic acid groups (broad SMARTS) is 1. The minimum absolute atomic E-state index is 0.0669. The van der Waals surface area contributed by atoms with Crippen molar-refractivity contribution in [3.8, 4) is 0 Å². The lowest BCUT2D eigenvalue weighted by Gasteiger charge is -2.04. The molecule has 0 spiro atoms. The van der Waals surface area contributed by atoms with Crippen molar-refractivity contribution in [3.05, 3.63) is 65.9 Å². The average molecular weight is 357 g/mol. The summed E-state index contributed by atoms with van der Waals surface area (Å²) in [5.74, 6) is -1.30. The number of halogens is 1. The van der Waals surface area contributed by atoms with Gasteiger partial charge in [-0.15, -0.1) is 0 Å². The number of benzene rings is 1. The van der Waals surface area contributed by atoms with Crippen LogP contribution in [0.2, 0.25) is 0 Å². The number of carbonyl (C=O) groups excluding carboxylic acids is 1. The molecule has 2 heterocycles. The molecule has 0 aliphatic heterocycles. The van der Waals surface area contributed by atoms with E-state index in [1.807, 2.05) is 0 Å². The van der Waals surface area contributed by atoms with Crippen LogP contribution >= 0.6 is 0 Å². The first kappa shape index (κ1) is 17.3. The summed E-state index contributed by atoms with van der Waals surface area (Å²) in [5.41, 5.74) is 0.568. The van der Waals surface area contributed by atoms with Gasteiger partial charge in [0.25, 0.3) is 0 Å². The van der Waals surface area contributed by atoms with Crippen LogP contribution in [0.3, 0.4) is 0 Å². The Balaban J connectivity index is 1.52. The lowest BCUT2D eigenvalue weighted by atomic mass is 10.2. The maximum atomic E-state index is 13.6. The molecule has 0 saturated heterocycles. The predicted molar refractivity (Wildman–Crippen MR) is 90.2 cm³/mol. The second-order valence-electron chi connectivity index (χ2n) is 5.59. The van der Waals surface area contributed by atoms with Crippen LogP contribution in [0.25, 0.3) is 0 Å². The Kier molecular flexibility index (Phi) is 5.07. The summed E-state index contributed by atoms with van der Waals surface area (Å²) in [6.45, 7) is 0.503. The SMILES string of the molecule is O=C(CCn1cc(C(=O)O)cn1)Nc1ccn(Cc2ccccc2F)n1. The Morgan fingerprint density at radius 1 is 1.19 bits per heavy atom. The highest BCUT2D eigenvalue weighted by Crippen LogP contribution is 2.10. The van der Waals surface area contributed by atoms with Crippen LogP contribution in [-0.2, 0) is 17.9 Å². The molecule has 8 nitrogen and oxygen atoms in total.